The summed E-state index contributed by atoms with van der Waals surface area (Å²) in [5, 5.41) is 0.692. The zero-order valence-electron chi connectivity index (χ0n) is 8.74. The van der Waals surface area contributed by atoms with E-state index in [-0.39, 0.29) is 0 Å². The minimum Gasteiger partial charge on any atom is -0.385 e. The Bertz CT molecular complexity index is 328. The van der Waals surface area contributed by atoms with Gasteiger partial charge in [0.15, 0.2) is 0 Å². The molecule has 0 saturated heterocycles. The summed E-state index contributed by atoms with van der Waals surface area (Å²) in [5.41, 5.74) is 0.954. The average molecular weight is 247 g/mol. The molecule has 0 N–H and O–H groups in total. The Balaban J connectivity index is 2.41. The summed E-state index contributed by atoms with van der Waals surface area (Å²) in [7, 11) is 0.803. The first kappa shape index (κ1) is 12.7. The van der Waals surface area contributed by atoms with Crippen LogP contribution < -0.4 is 0 Å². The standard InChI is InChI=1S/C11H15ClO2S/c1-14-7-4-8-15(13)9-10-5-2-3-6-11(10)12/h2-3,5-6H,4,7-9H2,1H3. The van der Waals surface area contributed by atoms with E-state index >= 15 is 0 Å². The van der Waals surface area contributed by atoms with Crippen molar-refractivity contribution in [2.75, 3.05) is 19.5 Å². The summed E-state index contributed by atoms with van der Waals surface area (Å²) < 4.78 is 16.5. The van der Waals surface area contributed by atoms with Crippen molar-refractivity contribution in [3.8, 4) is 0 Å². The molecule has 15 heavy (non-hydrogen) atoms. The number of hydrogen-bond acceptors (Lipinski definition) is 2. The van der Waals surface area contributed by atoms with E-state index in [9.17, 15) is 4.21 Å². The highest BCUT2D eigenvalue weighted by Crippen LogP contribution is 2.16. The molecule has 0 saturated carbocycles. The van der Waals surface area contributed by atoms with Crippen molar-refractivity contribution in [3.05, 3.63) is 34.9 Å². The second-order valence-electron chi connectivity index (χ2n) is 3.23. The van der Waals surface area contributed by atoms with Crippen molar-refractivity contribution in [1.82, 2.24) is 0 Å². The van der Waals surface area contributed by atoms with Gasteiger partial charge in [-0.1, -0.05) is 29.8 Å². The van der Waals surface area contributed by atoms with Crippen molar-refractivity contribution in [3.63, 3.8) is 0 Å². The highest BCUT2D eigenvalue weighted by Gasteiger charge is 2.04. The predicted octanol–water partition coefficient (Wildman–Crippen LogP) is 2.63. The van der Waals surface area contributed by atoms with Crippen LogP contribution in [0.3, 0.4) is 0 Å². The number of hydrogen-bond donors (Lipinski definition) is 0. The van der Waals surface area contributed by atoms with Crippen LogP contribution >= 0.6 is 11.6 Å². The largest absolute Gasteiger partial charge is 0.385 e. The second kappa shape index (κ2) is 6.99. The topological polar surface area (TPSA) is 26.3 Å². The van der Waals surface area contributed by atoms with Crippen LogP contribution in [-0.4, -0.2) is 23.7 Å². The molecule has 0 radical (unpaired) electrons. The molecule has 0 aliphatic rings. The zero-order chi connectivity index (χ0) is 11.1. The van der Waals surface area contributed by atoms with Crippen LogP contribution in [-0.2, 0) is 21.3 Å². The molecule has 0 aliphatic carbocycles. The quantitative estimate of drug-likeness (QED) is 0.722. The third-order valence-corrected chi connectivity index (χ3v) is 3.74. The summed E-state index contributed by atoms with van der Waals surface area (Å²) in [6.45, 7) is 0.661. The SMILES string of the molecule is COCCCS(=O)Cc1ccccc1Cl. The van der Waals surface area contributed by atoms with Crippen molar-refractivity contribution in [2.24, 2.45) is 0 Å². The molecular formula is C11H15ClO2S. The van der Waals surface area contributed by atoms with Gasteiger partial charge in [0.05, 0.1) is 0 Å². The van der Waals surface area contributed by atoms with Gasteiger partial charge in [0.1, 0.15) is 0 Å². The second-order valence-corrected chi connectivity index (χ2v) is 5.21. The fourth-order valence-corrected chi connectivity index (χ4v) is 2.69. The molecule has 84 valence electrons. The summed E-state index contributed by atoms with van der Waals surface area (Å²) >= 11 is 5.97. The van der Waals surface area contributed by atoms with Crippen LogP contribution in [0, 0.1) is 0 Å². The van der Waals surface area contributed by atoms with Crippen LogP contribution in [0.5, 0.6) is 0 Å². The number of methoxy groups -OCH3 is 1. The highest BCUT2D eigenvalue weighted by molar-refractivity contribution is 7.84. The van der Waals surface area contributed by atoms with Gasteiger partial charge in [-0.05, 0) is 18.1 Å². The number of benzene rings is 1. The maximum atomic E-state index is 11.6. The summed E-state index contributed by atoms with van der Waals surface area (Å²) in [4.78, 5) is 0. The van der Waals surface area contributed by atoms with E-state index in [1.54, 1.807) is 7.11 Å². The van der Waals surface area contributed by atoms with Crippen molar-refractivity contribution in [1.29, 1.82) is 0 Å². The van der Waals surface area contributed by atoms with Crippen LogP contribution in [0.2, 0.25) is 5.02 Å². The first-order chi connectivity index (χ1) is 7.24. The molecule has 2 nitrogen and oxygen atoms in total. The van der Waals surface area contributed by atoms with Gasteiger partial charge in [-0.3, -0.25) is 4.21 Å². The Labute approximate surface area is 98.0 Å². The molecular weight excluding hydrogens is 232 g/mol. The number of rotatable bonds is 6. The molecule has 0 aliphatic heterocycles. The smallest absolute Gasteiger partial charge is 0.0500 e. The normalized spacial score (nSPS) is 12.7. The lowest BCUT2D eigenvalue weighted by molar-refractivity contribution is 0.200. The van der Waals surface area contributed by atoms with Crippen LogP contribution in [0.1, 0.15) is 12.0 Å². The maximum Gasteiger partial charge on any atom is 0.0500 e. The minimum atomic E-state index is -0.847. The molecule has 0 fully saturated rings. The van der Waals surface area contributed by atoms with E-state index in [2.05, 4.69) is 0 Å². The van der Waals surface area contributed by atoms with E-state index in [1.165, 1.54) is 0 Å². The van der Waals surface area contributed by atoms with Crippen LogP contribution in [0.4, 0.5) is 0 Å². The van der Waals surface area contributed by atoms with E-state index in [0.29, 0.717) is 23.1 Å². The van der Waals surface area contributed by atoms with Gasteiger partial charge < -0.3 is 4.74 Å². The van der Waals surface area contributed by atoms with Gasteiger partial charge in [-0.25, -0.2) is 0 Å². The fraction of sp³-hybridized carbons (Fsp3) is 0.455. The van der Waals surface area contributed by atoms with Gasteiger partial charge in [-0.2, -0.15) is 0 Å². The zero-order valence-corrected chi connectivity index (χ0v) is 10.3. The highest BCUT2D eigenvalue weighted by atomic mass is 35.5. The van der Waals surface area contributed by atoms with Gasteiger partial charge in [0, 0.05) is 41.0 Å². The van der Waals surface area contributed by atoms with Gasteiger partial charge in [0.25, 0.3) is 0 Å². The first-order valence-corrected chi connectivity index (χ1v) is 6.68. The summed E-state index contributed by atoms with van der Waals surface area (Å²) in [5.74, 6) is 1.20. The molecule has 0 amide bonds. The molecule has 0 spiro atoms. The Hall–Kier alpha value is -0.380. The predicted molar refractivity (Wildman–Crippen MR) is 64.7 cm³/mol. The van der Waals surface area contributed by atoms with Gasteiger partial charge in [0.2, 0.25) is 0 Å². The van der Waals surface area contributed by atoms with E-state index in [1.807, 2.05) is 24.3 Å². The van der Waals surface area contributed by atoms with Gasteiger partial charge >= 0.3 is 0 Å². The van der Waals surface area contributed by atoms with Crippen molar-refractivity contribution >= 4 is 22.4 Å². The van der Waals surface area contributed by atoms with E-state index < -0.39 is 10.8 Å². The van der Waals surface area contributed by atoms with Gasteiger partial charge in [-0.15, -0.1) is 0 Å². The number of halogens is 1. The lowest BCUT2D eigenvalue weighted by Crippen LogP contribution is -2.04. The third kappa shape index (κ3) is 4.78. The molecule has 1 unspecified atom stereocenters. The molecule has 1 rings (SSSR count). The monoisotopic (exact) mass is 246 g/mol. The summed E-state index contributed by atoms with van der Waals surface area (Å²) in [6.07, 6.45) is 0.827. The Morgan fingerprint density at radius 1 is 1.40 bits per heavy atom. The Kier molecular flexibility index (Phi) is 5.91. The van der Waals surface area contributed by atoms with Crippen molar-refractivity contribution in [2.45, 2.75) is 12.2 Å². The van der Waals surface area contributed by atoms with Crippen LogP contribution in [0.15, 0.2) is 24.3 Å². The lowest BCUT2D eigenvalue weighted by atomic mass is 10.2. The molecule has 1 atom stereocenters. The average Bonchev–Trinajstić information content (AvgIpc) is 2.22. The number of ether oxygens (including phenoxy) is 1. The third-order valence-electron chi connectivity index (χ3n) is 1.99. The molecule has 0 bridgehead atoms. The Morgan fingerprint density at radius 2 is 2.13 bits per heavy atom. The van der Waals surface area contributed by atoms with Crippen LogP contribution in [0.25, 0.3) is 0 Å². The molecule has 0 aromatic heterocycles. The Morgan fingerprint density at radius 3 is 2.80 bits per heavy atom. The molecule has 1 aromatic rings. The minimum absolute atomic E-state index is 0.531. The molecule has 4 heteroatoms. The molecule has 1 aromatic carbocycles. The fourth-order valence-electron chi connectivity index (χ4n) is 1.23. The lowest BCUT2D eigenvalue weighted by Gasteiger charge is -2.04. The van der Waals surface area contributed by atoms with E-state index in [4.69, 9.17) is 16.3 Å². The van der Waals surface area contributed by atoms with E-state index in [0.717, 1.165) is 12.0 Å². The summed E-state index contributed by atoms with van der Waals surface area (Å²) in [6, 6.07) is 7.52. The molecule has 0 heterocycles. The maximum absolute atomic E-state index is 11.6. The first-order valence-electron chi connectivity index (χ1n) is 4.81. The van der Waals surface area contributed by atoms with Crippen molar-refractivity contribution < 1.29 is 8.95 Å².